The zero-order valence-electron chi connectivity index (χ0n) is 10.9. The average Bonchev–Trinajstić information content (AvgIpc) is 2.52. The summed E-state index contributed by atoms with van der Waals surface area (Å²) in [5.41, 5.74) is 0.202. The monoisotopic (exact) mass is 281 g/mol. The summed E-state index contributed by atoms with van der Waals surface area (Å²) in [7, 11) is 0. The largest absolute Gasteiger partial charge is 0.462 e. The number of benzene rings is 2. The van der Waals surface area contributed by atoms with Crippen molar-refractivity contribution in [2.24, 2.45) is 0 Å². The summed E-state index contributed by atoms with van der Waals surface area (Å²) in [5.74, 6) is 1.19. The Balaban J connectivity index is 2.04. The number of rotatable bonds is 4. The molecule has 0 saturated heterocycles. The van der Waals surface area contributed by atoms with E-state index in [9.17, 15) is 9.59 Å². The third-order valence-electron chi connectivity index (χ3n) is 2.94. The number of fused-ring (bicyclic) bond motifs is 1. The molecule has 0 bridgehead atoms. The second kappa shape index (κ2) is 5.50. The Labute approximate surface area is 119 Å². The second-order valence-corrected chi connectivity index (χ2v) is 4.31. The van der Waals surface area contributed by atoms with Gasteiger partial charge in [-0.25, -0.2) is 0 Å². The highest BCUT2D eigenvalue weighted by molar-refractivity contribution is 5.83. The summed E-state index contributed by atoms with van der Waals surface area (Å²) >= 11 is 0. The van der Waals surface area contributed by atoms with Gasteiger partial charge in [0.25, 0.3) is 0 Å². The third-order valence-corrected chi connectivity index (χ3v) is 2.94. The predicted molar refractivity (Wildman–Crippen MR) is 78.7 cm³/mol. The molecule has 1 heterocycles. The van der Waals surface area contributed by atoms with Crippen molar-refractivity contribution in [1.82, 2.24) is 0 Å². The molecule has 1 aromatic heterocycles. The maximum atomic E-state index is 12.2. The minimum Gasteiger partial charge on any atom is -0.462 e. The van der Waals surface area contributed by atoms with E-state index in [4.69, 9.17) is 9.15 Å². The van der Waals surface area contributed by atoms with Gasteiger partial charge in [0.05, 0.1) is 5.39 Å². The Morgan fingerprint density at radius 1 is 1.05 bits per heavy atom. The molecule has 3 rings (SSSR count). The van der Waals surface area contributed by atoms with E-state index in [0.29, 0.717) is 28.9 Å². The highest BCUT2D eigenvalue weighted by Crippen LogP contribution is 2.24. The van der Waals surface area contributed by atoms with E-state index >= 15 is 0 Å². The molecule has 5 nitrogen and oxygen atoms in total. The van der Waals surface area contributed by atoms with Gasteiger partial charge in [-0.1, -0.05) is 18.2 Å². The summed E-state index contributed by atoms with van der Waals surface area (Å²) in [4.78, 5) is 22.6. The minimum atomic E-state index is -0.318. The van der Waals surface area contributed by atoms with Crippen LogP contribution in [0.4, 0.5) is 5.69 Å². The van der Waals surface area contributed by atoms with Crippen LogP contribution in [0.3, 0.4) is 0 Å². The van der Waals surface area contributed by atoms with E-state index < -0.39 is 0 Å². The number of para-hydroxylation sites is 1. The van der Waals surface area contributed by atoms with Crippen LogP contribution in [0.15, 0.2) is 64.0 Å². The summed E-state index contributed by atoms with van der Waals surface area (Å²) in [6.45, 7) is 0. The summed E-state index contributed by atoms with van der Waals surface area (Å²) < 4.78 is 11.0. The number of hydrogen-bond donors (Lipinski definition) is 1. The number of carbonyl (C=O) groups is 1. The van der Waals surface area contributed by atoms with E-state index in [1.807, 2.05) is 30.3 Å². The van der Waals surface area contributed by atoms with Crippen molar-refractivity contribution < 1.29 is 13.9 Å². The Hall–Kier alpha value is -3.08. The van der Waals surface area contributed by atoms with E-state index in [0.717, 1.165) is 0 Å². The molecular weight excluding hydrogens is 270 g/mol. The number of ether oxygens (including phenoxy) is 1. The SMILES string of the molecule is O=CNc1coc2ccc(Oc3ccccc3)cc2c1=O. The molecule has 0 aliphatic heterocycles. The van der Waals surface area contributed by atoms with Gasteiger partial charge in [0.2, 0.25) is 11.8 Å². The topological polar surface area (TPSA) is 68.5 Å². The number of nitrogens with one attached hydrogen (secondary N) is 1. The predicted octanol–water partition coefficient (Wildman–Crippen LogP) is 3.15. The lowest BCUT2D eigenvalue weighted by atomic mass is 10.2. The van der Waals surface area contributed by atoms with E-state index in [2.05, 4.69) is 5.32 Å². The van der Waals surface area contributed by atoms with Gasteiger partial charge < -0.3 is 14.5 Å². The molecule has 0 unspecified atom stereocenters. The molecule has 2 aromatic carbocycles. The van der Waals surface area contributed by atoms with Gasteiger partial charge in [0, 0.05) is 0 Å². The van der Waals surface area contributed by atoms with Crippen molar-refractivity contribution in [3.8, 4) is 11.5 Å². The zero-order chi connectivity index (χ0) is 14.7. The van der Waals surface area contributed by atoms with Crippen LogP contribution in [-0.4, -0.2) is 6.41 Å². The maximum absolute atomic E-state index is 12.2. The lowest BCUT2D eigenvalue weighted by molar-refractivity contribution is -0.105. The van der Waals surface area contributed by atoms with Crippen LogP contribution in [0.5, 0.6) is 11.5 Å². The van der Waals surface area contributed by atoms with E-state index in [1.165, 1.54) is 6.26 Å². The van der Waals surface area contributed by atoms with Gasteiger partial charge in [-0.05, 0) is 30.3 Å². The fraction of sp³-hybridized carbons (Fsp3) is 0. The van der Waals surface area contributed by atoms with Crippen molar-refractivity contribution in [3.63, 3.8) is 0 Å². The van der Waals surface area contributed by atoms with Gasteiger partial charge in [-0.15, -0.1) is 0 Å². The first-order valence-electron chi connectivity index (χ1n) is 6.26. The molecule has 0 atom stereocenters. The Morgan fingerprint density at radius 2 is 1.86 bits per heavy atom. The first-order chi connectivity index (χ1) is 10.3. The molecule has 3 aromatic rings. The number of carbonyl (C=O) groups excluding carboxylic acids is 1. The standard InChI is InChI=1S/C16H11NO4/c18-10-17-14-9-20-15-7-6-12(8-13(15)16(14)19)21-11-4-2-1-3-5-11/h1-10H,(H,17,18). The van der Waals surface area contributed by atoms with Crippen molar-refractivity contribution in [2.75, 3.05) is 5.32 Å². The summed E-state index contributed by atoms with van der Waals surface area (Å²) in [6.07, 6.45) is 1.65. The van der Waals surface area contributed by atoms with Crippen molar-refractivity contribution in [1.29, 1.82) is 0 Å². The summed E-state index contributed by atoms with van der Waals surface area (Å²) in [6, 6.07) is 14.2. The molecule has 21 heavy (non-hydrogen) atoms. The van der Waals surface area contributed by atoms with Crippen LogP contribution in [0.25, 0.3) is 11.0 Å². The average molecular weight is 281 g/mol. The Bertz CT molecular complexity index is 840. The fourth-order valence-electron chi connectivity index (χ4n) is 1.96. The second-order valence-electron chi connectivity index (χ2n) is 4.31. The summed E-state index contributed by atoms with van der Waals surface area (Å²) in [5, 5.41) is 2.65. The minimum absolute atomic E-state index is 0.0920. The Kier molecular flexibility index (Phi) is 3.39. The molecule has 104 valence electrons. The number of amides is 1. The highest BCUT2D eigenvalue weighted by Gasteiger charge is 2.08. The molecule has 5 heteroatoms. The zero-order valence-corrected chi connectivity index (χ0v) is 10.9. The van der Waals surface area contributed by atoms with Crippen LogP contribution in [0, 0.1) is 0 Å². The van der Waals surface area contributed by atoms with E-state index in [1.54, 1.807) is 18.2 Å². The van der Waals surface area contributed by atoms with Gasteiger partial charge in [-0.3, -0.25) is 9.59 Å². The maximum Gasteiger partial charge on any atom is 0.216 e. The quantitative estimate of drug-likeness (QED) is 0.746. The Morgan fingerprint density at radius 3 is 2.62 bits per heavy atom. The van der Waals surface area contributed by atoms with Gasteiger partial charge in [0.1, 0.15) is 29.0 Å². The third kappa shape index (κ3) is 2.62. The molecule has 1 amide bonds. The highest BCUT2D eigenvalue weighted by atomic mass is 16.5. The molecule has 0 fully saturated rings. The first kappa shape index (κ1) is 12.9. The normalized spacial score (nSPS) is 10.3. The van der Waals surface area contributed by atoms with Crippen LogP contribution in [0.1, 0.15) is 0 Å². The van der Waals surface area contributed by atoms with Gasteiger partial charge in [-0.2, -0.15) is 0 Å². The lowest BCUT2D eigenvalue weighted by Gasteiger charge is -2.06. The number of hydrogen-bond acceptors (Lipinski definition) is 4. The first-order valence-corrected chi connectivity index (χ1v) is 6.26. The smallest absolute Gasteiger partial charge is 0.216 e. The van der Waals surface area contributed by atoms with Crippen LogP contribution in [0.2, 0.25) is 0 Å². The van der Waals surface area contributed by atoms with Crippen LogP contribution in [-0.2, 0) is 4.79 Å². The molecule has 0 aliphatic carbocycles. The molecule has 1 N–H and O–H groups in total. The van der Waals surface area contributed by atoms with Crippen molar-refractivity contribution >= 4 is 23.1 Å². The van der Waals surface area contributed by atoms with Crippen LogP contribution >= 0.6 is 0 Å². The van der Waals surface area contributed by atoms with E-state index in [-0.39, 0.29) is 11.1 Å². The van der Waals surface area contributed by atoms with Gasteiger partial charge in [0.15, 0.2) is 0 Å². The number of anilines is 1. The molecular formula is C16H11NO4. The van der Waals surface area contributed by atoms with Crippen molar-refractivity contribution in [3.05, 3.63) is 65.0 Å². The lowest BCUT2D eigenvalue weighted by Crippen LogP contribution is -2.09. The molecule has 0 aliphatic rings. The van der Waals surface area contributed by atoms with Crippen molar-refractivity contribution in [2.45, 2.75) is 0 Å². The molecule has 0 saturated carbocycles. The van der Waals surface area contributed by atoms with Gasteiger partial charge >= 0.3 is 0 Å². The molecule has 0 radical (unpaired) electrons. The van der Waals surface area contributed by atoms with Crippen LogP contribution < -0.4 is 15.5 Å². The fourth-order valence-corrected chi connectivity index (χ4v) is 1.96. The molecule has 0 spiro atoms.